The SMILES string of the molecule is OCCc1ccc(=S)[nH]c1. The molecule has 0 radical (unpaired) electrons. The van der Waals surface area contributed by atoms with E-state index in [2.05, 4.69) is 4.98 Å². The van der Waals surface area contributed by atoms with Crippen LogP contribution in [0.15, 0.2) is 18.3 Å². The molecule has 2 nitrogen and oxygen atoms in total. The molecule has 10 heavy (non-hydrogen) atoms. The van der Waals surface area contributed by atoms with Crippen LogP contribution in [-0.4, -0.2) is 16.7 Å². The largest absolute Gasteiger partial charge is 0.396 e. The molecule has 1 rings (SSSR count). The molecule has 0 saturated heterocycles. The highest BCUT2D eigenvalue weighted by Crippen LogP contribution is 1.96. The number of pyridine rings is 1. The minimum Gasteiger partial charge on any atom is -0.396 e. The zero-order chi connectivity index (χ0) is 7.40. The first-order valence-corrected chi connectivity index (χ1v) is 3.52. The minimum absolute atomic E-state index is 0.185. The molecule has 1 heterocycles. The van der Waals surface area contributed by atoms with E-state index in [4.69, 9.17) is 17.3 Å². The van der Waals surface area contributed by atoms with Gasteiger partial charge in [0.15, 0.2) is 0 Å². The van der Waals surface area contributed by atoms with Crippen molar-refractivity contribution in [2.45, 2.75) is 6.42 Å². The van der Waals surface area contributed by atoms with Gasteiger partial charge in [0.2, 0.25) is 0 Å². The Kier molecular flexibility index (Phi) is 2.59. The van der Waals surface area contributed by atoms with Crippen molar-refractivity contribution in [2.75, 3.05) is 6.61 Å². The van der Waals surface area contributed by atoms with Crippen LogP contribution in [0.3, 0.4) is 0 Å². The summed E-state index contributed by atoms with van der Waals surface area (Å²) < 4.78 is 0.724. The number of aromatic amines is 1. The molecule has 1 aromatic heterocycles. The lowest BCUT2D eigenvalue weighted by Crippen LogP contribution is -1.90. The molecule has 0 fully saturated rings. The summed E-state index contributed by atoms with van der Waals surface area (Å²) >= 11 is 4.84. The first-order chi connectivity index (χ1) is 4.83. The Hall–Kier alpha value is -0.670. The molecule has 0 bridgehead atoms. The highest BCUT2D eigenvalue weighted by Gasteiger charge is 1.87. The molecule has 1 aromatic rings. The molecule has 0 aliphatic carbocycles. The van der Waals surface area contributed by atoms with Crippen LogP contribution in [0.25, 0.3) is 0 Å². The predicted molar refractivity (Wildman–Crippen MR) is 42.4 cm³/mol. The van der Waals surface area contributed by atoms with Gasteiger partial charge in [-0.25, -0.2) is 0 Å². The maximum atomic E-state index is 8.55. The minimum atomic E-state index is 0.185. The van der Waals surface area contributed by atoms with Crippen LogP contribution < -0.4 is 0 Å². The zero-order valence-electron chi connectivity index (χ0n) is 5.50. The van der Waals surface area contributed by atoms with E-state index in [0.29, 0.717) is 6.42 Å². The van der Waals surface area contributed by atoms with E-state index in [1.54, 1.807) is 0 Å². The van der Waals surface area contributed by atoms with Crippen molar-refractivity contribution in [2.24, 2.45) is 0 Å². The zero-order valence-corrected chi connectivity index (χ0v) is 6.32. The fourth-order valence-electron chi connectivity index (χ4n) is 0.727. The molecule has 54 valence electrons. The average Bonchev–Trinajstić information content (AvgIpc) is 1.95. The summed E-state index contributed by atoms with van der Waals surface area (Å²) in [6.45, 7) is 0.185. The number of aromatic nitrogens is 1. The second kappa shape index (κ2) is 3.49. The van der Waals surface area contributed by atoms with Crippen LogP contribution in [0.5, 0.6) is 0 Å². The van der Waals surface area contributed by atoms with Gasteiger partial charge in [-0.1, -0.05) is 18.3 Å². The summed E-state index contributed by atoms with van der Waals surface area (Å²) in [5.41, 5.74) is 1.08. The Balaban J connectivity index is 2.79. The van der Waals surface area contributed by atoms with Crippen molar-refractivity contribution in [3.8, 4) is 0 Å². The third kappa shape index (κ3) is 1.93. The Morgan fingerprint density at radius 2 is 2.30 bits per heavy atom. The van der Waals surface area contributed by atoms with Crippen molar-refractivity contribution in [1.29, 1.82) is 0 Å². The van der Waals surface area contributed by atoms with Gasteiger partial charge in [-0.15, -0.1) is 0 Å². The van der Waals surface area contributed by atoms with E-state index in [9.17, 15) is 0 Å². The molecule has 0 atom stereocenters. The van der Waals surface area contributed by atoms with Crippen molar-refractivity contribution in [1.82, 2.24) is 4.98 Å². The van der Waals surface area contributed by atoms with Gasteiger partial charge in [-0.2, -0.15) is 0 Å². The standard InChI is InChI=1S/C7H9NOS/c9-4-3-6-1-2-7(10)8-5-6/h1-2,5,9H,3-4H2,(H,8,10). The maximum Gasteiger partial charge on any atom is 0.103 e. The highest BCUT2D eigenvalue weighted by atomic mass is 32.1. The summed E-state index contributed by atoms with van der Waals surface area (Å²) in [5.74, 6) is 0. The molecular formula is C7H9NOS. The summed E-state index contributed by atoms with van der Waals surface area (Å²) in [5, 5.41) is 8.55. The fraction of sp³-hybridized carbons (Fsp3) is 0.286. The normalized spacial score (nSPS) is 9.70. The van der Waals surface area contributed by atoms with Gasteiger partial charge < -0.3 is 10.1 Å². The Morgan fingerprint density at radius 3 is 2.80 bits per heavy atom. The molecule has 3 heteroatoms. The fourth-order valence-corrected chi connectivity index (χ4v) is 0.854. The van der Waals surface area contributed by atoms with E-state index in [-0.39, 0.29) is 6.61 Å². The molecule has 2 N–H and O–H groups in total. The van der Waals surface area contributed by atoms with E-state index in [0.717, 1.165) is 10.2 Å². The highest BCUT2D eigenvalue weighted by molar-refractivity contribution is 7.71. The number of aliphatic hydroxyl groups excluding tert-OH is 1. The van der Waals surface area contributed by atoms with E-state index in [1.807, 2.05) is 18.3 Å². The molecular weight excluding hydrogens is 146 g/mol. The average molecular weight is 155 g/mol. The summed E-state index contributed by atoms with van der Waals surface area (Å²) in [6.07, 6.45) is 2.50. The smallest absolute Gasteiger partial charge is 0.103 e. The molecule has 0 amide bonds. The lowest BCUT2D eigenvalue weighted by molar-refractivity contribution is 0.299. The first kappa shape index (κ1) is 7.44. The third-order valence-electron chi connectivity index (χ3n) is 1.25. The summed E-state index contributed by atoms with van der Waals surface area (Å²) in [7, 11) is 0. The van der Waals surface area contributed by atoms with Crippen molar-refractivity contribution in [3.05, 3.63) is 28.5 Å². The molecule has 0 saturated carbocycles. The molecule has 0 spiro atoms. The number of rotatable bonds is 2. The van der Waals surface area contributed by atoms with Crippen LogP contribution >= 0.6 is 12.2 Å². The molecule has 0 unspecified atom stereocenters. The molecule has 0 aromatic carbocycles. The van der Waals surface area contributed by atoms with Gasteiger partial charge in [-0.05, 0) is 18.1 Å². The van der Waals surface area contributed by atoms with Gasteiger partial charge in [0.1, 0.15) is 4.64 Å². The quantitative estimate of drug-likeness (QED) is 0.631. The number of aliphatic hydroxyl groups is 1. The topological polar surface area (TPSA) is 36.0 Å². The van der Waals surface area contributed by atoms with Gasteiger partial charge >= 0.3 is 0 Å². The summed E-state index contributed by atoms with van der Waals surface area (Å²) in [6, 6.07) is 3.73. The second-order valence-corrected chi connectivity index (χ2v) is 2.47. The number of hydrogen-bond acceptors (Lipinski definition) is 2. The Morgan fingerprint density at radius 1 is 1.50 bits per heavy atom. The number of hydrogen-bond donors (Lipinski definition) is 2. The predicted octanol–water partition coefficient (Wildman–Crippen LogP) is 1.28. The first-order valence-electron chi connectivity index (χ1n) is 3.11. The Labute approximate surface area is 64.5 Å². The van der Waals surface area contributed by atoms with Crippen LogP contribution in [0.2, 0.25) is 0 Å². The van der Waals surface area contributed by atoms with E-state index in [1.165, 1.54) is 0 Å². The van der Waals surface area contributed by atoms with Crippen LogP contribution in [0.4, 0.5) is 0 Å². The summed E-state index contributed by atoms with van der Waals surface area (Å²) in [4.78, 5) is 2.89. The number of H-pyrrole nitrogens is 1. The van der Waals surface area contributed by atoms with Gasteiger partial charge in [0.25, 0.3) is 0 Å². The van der Waals surface area contributed by atoms with Gasteiger partial charge in [0, 0.05) is 12.8 Å². The second-order valence-electron chi connectivity index (χ2n) is 2.03. The van der Waals surface area contributed by atoms with Crippen molar-refractivity contribution < 1.29 is 5.11 Å². The van der Waals surface area contributed by atoms with Gasteiger partial charge in [-0.3, -0.25) is 0 Å². The van der Waals surface area contributed by atoms with E-state index >= 15 is 0 Å². The monoisotopic (exact) mass is 155 g/mol. The lowest BCUT2D eigenvalue weighted by Gasteiger charge is -1.94. The molecule has 0 aliphatic rings. The van der Waals surface area contributed by atoms with E-state index < -0.39 is 0 Å². The molecule has 0 aliphatic heterocycles. The lowest BCUT2D eigenvalue weighted by atomic mass is 10.2. The van der Waals surface area contributed by atoms with Crippen molar-refractivity contribution in [3.63, 3.8) is 0 Å². The number of nitrogens with one attached hydrogen (secondary N) is 1. The van der Waals surface area contributed by atoms with Gasteiger partial charge in [0.05, 0.1) is 0 Å². The Bertz CT molecular complexity index is 236. The third-order valence-corrected chi connectivity index (χ3v) is 1.50. The van der Waals surface area contributed by atoms with Crippen LogP contribution in [0.1, 0.15) is 5.56 Å². The van der Waals surface area contributed by atoms with Crippen molar-refractivity contribution >= 4 is 12.2 Å². The van der Waals surface area contributed by atoms with Crippen LogP contribution in [-0.2, 0) is 6.42 Å². The maximum absolute atomic E-state index is 8.55. The van der Waals surface area contributed by atoms with Crippen LogP contribution in [0, 0.1) is 4.64 Å².